The van der Waals surface area contributed by atoms with Crippen LogP contribution in [0.2, 0.25) is 0 Å². The van der Waals surface area contributed by atoms with E-state index in [0.29, 0.717) is 138 Å². The molecule has 0 N–H and O–H groups in total. The Labute approximate surface area is 505 Å². The third-order valence-electron chi connectivity index (χ3n) is 15.0. The molecular weight excluding hydrogens is 1120 g/mol. The molecular formula is C66H77N3O16S. The van der Waals surface area contributed by atoms with Gasteiger partial charge in [0.1, 0.15) is 34.5 Å². The maximum Gasteiger partial charge on any atom is 0.330 e. The van der Waals surface area contributed by atoms with Gasteiger partial charge in [0.25, 0.3) is 0 Å². The minimum absolute atomic E-state index is 0.203. The second-order valence-corrected chi connectivity index (χ2v) is 22.3. The van der Waals surface area contributed by atoms with E-state index in [1.54, 1.807) is 78.0 Å². The summed E-state index contributed by atoms with van der Waals surface area (Å²) < 4.78 is 58.1. The van der Waals surface area contributed by atoms with Crippen LogP contribution in [0.3, 0.4) is 0 Å². The summed E-state index contributed by atoms with van der Waals surface area (Å²) >= 11 is 1.48. The lowest BCUT2D eigenvalue weighted by atomic mass is 9.82. The topological polar surface area (TPSA) is 223 Å². The van der Waals surface area contributed by atoms with Gasteiger partial charge in [-0.25, -0.2) is 19.6 Å². The van der Waals surface area contributed by atoms with Gasteiger partial charge in [0.15, 0.2) is 6.29 Å². The van der Waals surface area contributed by atoms with Gasteiger partial charge in [-0.05, 0) is 188 Å². The minimum Gasteiger partial charge on any atom is -0.494 e. The molecule has 3 fully saturated rings. The Hall–Kier alpha value is -7.94. The molecule has 2 heterocycles. The van der Waals surface area contributed by atoms with E-state index < -0.39 is 53.8 Å². The highest BCUT2D eigenvalue weighted by Crippen LogP contribution is 2.36. The van der Waals surface area contributed by atoms with Gasteiger partial charge in [-0.1, -0.05) is 36.6 Å². The lowest BCUT2D eigenvalue weighted by molar-refractivity contribution is -0.179. The minimum atomic E-state index is -0.489. The SMILES string of the molecule is C=CC(=O)OCCCCCCOc1ccc(OC(=O)C2CCC(C(=O)Oc3ccc(OC(=O)C4CCC(C(=O)Oc5ccc(OCCCCCCOC(=O)C=C)cc5)CC4)c(/C=N/N(CCC4OCCCO4)c4nc5ccccc5s4)c3)CC2)cc1. The number of thiazole rings is 1. The first-order valence-corrected chi connectivity index (χ1v) is 30.8. The van der Waals surface area contributed by atoms with Crippen molar-refractivity contribution in [3.8, 4) is 34.5 Å². The Bertz CT molecular complexity index is 3020. The van der Waals surface area contributed by atoms with E-state index in [1.165, 1.54) is 11.3 Å². The Balaban J connectivity index is 0.842. The summed E-state index contributed by atoms with van der Waals surface area (Å²) in [5.74, 6) is -1.66. The number of carbonyl (C=O) groups excluding carboxylic acids is 6. The third-order valence-corrected chi connectivity index (χ3v) is 16.1. The van der Waals surface area contributed by atoms with Crippen LogP contribution >= 0.6 is 11.3 Å². The third kappa shape index (κ3) is 20.6. The summed E-state index contributed by atoms with van der Waals surface area (Å²) in [7, 11) is 0. The predicted molar refractivity (Wildman–Crippen MR) is 322 cm³/mol. The monoisotopic (exact) mass is 1200 g/mol. The number of esters is 6. The quantitative estimate of drug-likeness (QED) is 0.00974. The molecule has 19 nitrogen and oxygen atoms in total. The molecule has 2 aliphatic carbocycles. The zero-order valence-electron chi connectivity index (χ0n) is 48.7. The number of ether oxygens (including phenoxy) is 10. The molecule has 5 aromatic rings. The molecule has 3 aliphatic rings. The van der Waals surface area contributed by atoms with Crippen LogP contribution in [0.15, 0.2) is 121 Å². The second-order valence-electron chi connectivity index (χ2n) is 21.3. The maximum atomic E-state index is 14.0. The molecule has 4 aromatic carbocycles. The van der Waals surface area contributed by atoms with E-state index in [-0.39, 0.29) is 23.4 Å². The first kappa shape index (κ1) is 64.1. The Morgan fingerprint density at radius 1 is 0.547 bits per heavy atom. The molecule has 86 heavy (non-hydrogen) atoms. The average molecular weight is 1200 g/mol. The molecule has 0 bridgehead atoms. The van der Waals surface area contributed by atoms with E-state index in [0.717, 1.165) is 80.2 Å². The summed E-state index contributed by atoms with van der Waals surface area (Å²) in [6.45, 7) is 10.1. The smallest absolute Gasteiger partial charge is 0.330 e. The van der Waals surface area contributed by atoms with Crippen molar-refractivity contribution < 1.29 is 76.1 Å². The molecule has 0 spiro atoms. The van der Waals surface area contributed by atoms with Crippen molar-refractivity contribution in [2.45, 2.75) is 122 Å². The molecule has 8 rings (SSSR count). The van der Waals surface area contributed by atoms with Crippen LogP contribution in [-0.4, -0.2) is 99.5 Å². The van der Waals surface area contributed by atoms with Crippen LogP contribution < -0.4 is 33.4 Å². The molecule has 0 amide bonds. The van der Waals surface area contributed by atoms with Gasteiger partial charge in [0.2, 0.25) is 5.13 Å². The fraction of sp³-hybridized carbons (Fsp3) is 0.455. The van der Waals surface area contributed by atoms with E-state index in [9.17, 15) is 28.8 Å². The number of anilines is 1. The lowest BCUT2D eigenvalue weighted by Crippen LogP contribution is -2.31. The Kier molecular flexibility index (Phi) is 25.5. The number of fused-ring (bicyclic) bond motifs is 1. The van der Waals surface area contributed by atoms with Crippen LogP contribution in [0.25, 0.3) is 10.2 Å². The number of rotatable bonds is 32. The number of benzene rings is 4. The van der Waals surface area contributed by atoms with Crippen molar-refractivity contribution in [3.05, 3.63) is 122 Å². The van der Waals surface area contributed by atoms with Gasteiger partial charge >= 0.3 is 35.8 Å². The molecule has 0 atom stereocenters. The highest BCUT2D eigenvalue weighted by atomic mass is 32.1. The standard InChI is InChI=1S/C66H77N3O16S/c1-3-59(70)78-40-13-7-5-11-38-76-51-26-30-53(31-27-51)82-62(72)46-18-20-48(21-19-46)64(74)84-55-34-35-57(50(44-55)45-67-69(37-36-61-80-42-15-43-81-61)66-68-56-16-9-10-17-58(56)86-66)85-65(75)49-24-22-47(23-25-49)63(73)83-54-32-28-52(29-33-54)77-39-12-6-8-14-41-79-60(71)4-2/h3-4,9-10,16-17,26-35,44-49,61H,1-2,5-8,11-15,18-25,36-43H2/b67-45+. The van der Waals surface area contributed by atoms with Crippen molar-refractivity contribution in [1.82, 2.24) is 4.98 Å². The first-order chi connectivity index (χ1) is 42.0. The number of para-hydroxylation sites is 1. The Morgan fingerprint density at radius 3 is 1.48 bits per heavy atom. The van der Waals surface area contributed by atoms with Gasteiger partial charge in [0.05, 0.1) is 79.7 Å². The number of carbonyl (C=O) groups is 6. The molecule has 458 valence electrons. The van der Waals surface area contributed by atoms with Crippen molar-refractivity contribution in [3.63, 3.8) is 0 Å². The van der Waals surface area contributed by atoms with Crippen molar-refractivity contribution in [2.24, 2.45) is 28.8 Å². The fourth-order valence-corrected chi connectivity index (χ4v) is 11.1. The van der Waals surface area contributed by atoms with Crippen LogP contribution in [0, 0.1) is 23.7 Å². The van der Waals surface area contributed by atoms with Crippen LogP contribution in [0.1, 0.15) is 121 Å². The molecule has 1 aromatic heterocycles. The number of unbranched alkanes of at least 4 members (excludes halogenated alkanes) is 6. The normalized spacial score (nSPS) is 17.9. The maximum absolute atomic E-state index is 14.0. The number of hydrogen-bond acceptors (Lipinski definition) is 20. The van der Waals surface area contributed by atoms with E-state index in [1.807, 2.05) is 24.3 Å². The highest BCUT2D eigenvalue weighted by molar-refractivity contribution is 7.22. The van der Waals surface area contributed by atoms with Gasteiger partial charge < -0.3 is 47.4 Å². The zero-order chi connectivity index (χ0) is 60.3. The van der Waals surface area contributed by atoms with Crippen molar-refractivity contribution >= 4 is 68.7 Å². The van der Waals surface area contributed by atoms with E-state index >= 15 is 0 Å². The van der Waals surface area contributed by atoms with E-state index in [2.05, 4.69) is 13.2 Å². The number of hydrogen-bond donors (Lipinski definition) is 0. The largest absolute Gasteiger partial charge is 0.494 e. The van der Waals surface area contributed by atoms with Crippen LogP contribution in [-0.2, 0) is 47.7 Å². The van der Waals surface area contributed by atoms with Gasteiger partial charge in [-0.15, -0.1) is 0 Å². The predicted octanol–water partition coefficient (Wildman–Crippen LogP) is 12.3. The average Bonchev–Trinajstić information content (AvgIpc) is 4.06. The fourth-order valence-electron chi connectivity index (χ4n) is 10.1. The van der Waals surface area contributed by atoms with Crippen molar-refractivity contribution in [1.29, 1.82) is 0 Å². The number of hydrazone groups is 1. The Morgan fingerprint density at radius 2 is 0.988 bits per heavy atom. The number of nitrogens with zero attached hydrogens (tertiary/aromatic N) is 3. The highest BCUT2D eigenvalue weighted by Gasteiger charge is 2.34. The second kappa shape index (κ2) is 34.3. The number of aromatic nitrogens is 1. The zero-order valence-corrected chi connectivity index (χ0v) is 49.5. The summed E-state index contributed by atoms with van der Waals surface area (Å²) in [4.78, 5) is 81.6. The summed E-state index contributed by atoms with van der Waals surface area (Å²) in [5.41, 5.74) is 1.19. The molecule has 0 unspecified atom stereocenters. The van der Waals surface area contributed by atoms with Crippen LogP contribution in [0.5, 0.6) is 34.5 Å². The molecule has 1 saturated heterocycles. The van der Waals surface area contributed by atoms with E-state index in [4.69, 9.17) is 57.5 Å². The van der Waals surface area contributed by atoms with Gasteiger partial charge in [-0.2, -0.15) is 5.10 Å². The summed E-state index contributed by atoms with van der Waals surface area (Å²) in [6, 6.07) is 26.4. The van der Waals surface area contributed by atoms with Crippen LogP contribution in [0.4, 0.5) is 5.13 Å². The molecule has 0 radical (unpaired) electrons. The molecule has 2 saturated carbocycles. The summed E-state index contributed by atoms with van der Waals surface area (Å²) in [6.07, 6.45) is 15.1. The molecule has 1 aliphatic heterocycles. The lowest BCUT2D eigenvalue weighted by Gasteiger charge is -2.26. The van der Waals surface area contributed by atoms with Gasteiger partial charge in [-0.3, -0.25) is 19.2 Å². The van der Waals surface area contributed by atoms with Gasteiger partial charge in [0, 0.05) is 30.7 Å². The first-order valence-electron chi connectivity index (χ1n) is 30.0. The summed E-state index contributed by atoms with van der Waals surface area (Å²) in [5, 5.41) is 7.30. The van der Waals surface area contributed by atoms with Crippen molar-refractivity contribution in [2.75, 3.05) is 51.2 Å². The molecule has 20 heteroatoms.